The van der Waals surface area contributed by atoms with E-state index in [0.717, 1.165) is 14.5 Å². The lowest BCUT2D eigenvalue weighted by Crippen LogP contribution is -2.01. The molecular weight excluding hydrogens is 316 g/mol. The van der Waals surface area contributed by atoms with Crippen molar-refractivity contribution < 1.29 is 4.74 Å². The molecule has 2 N–H and O–H groups in total. The van der Waals surface area contributed by atoms with E-state index in [-0.39, 0.29) is 0 Å². The Morgan fingerprint density at radius 3 is 2.83 bits per heavy atom. The summed E-state index contributed by atoms with van der Waals surface area (Å²) in [5.74, 6) is 0.994. The van der Waals surface area contributed by atoms with Gasteiger partial charge >= 0.3 is 0 Å². The number of hydrogen-bond acceptors (Lipinski definition) is 6. The molecule has 0 radical (unpaired) electrons. The van der Waals surface area contributed by atoms with Gasteiger partial charge in [-0.05, 0) is 39.8 Å². The molecule has 0 amide bonds. The van der Waals surface area contributed by atoms with Crippen molar-refractivity contribution in [1.82, 2.24) is 15.0 Å². The van der Waals surface area contributed by atoms with Gasteiger partial charge in [-0.15, -0.1) is 0 Å². The van der Waals surface area contributed by atoms with E-state index >= 15 is 0 Å². The van der Waals surface area contributed by atoms with Crippen molar-refractivity contribution in [2.24, 2.45) is 0 Å². The molecule has 0 unspecified atom stereocenters. The highest BCUT2D eigenvalue weighted by Crippen LogP contribution is 2.26. The zero-order valence-corrected chi connectivity index (χ0v) is 12.0. The van der Waals surface area contributed by atoms with Gasteiger partial charge in [0, 0.05) is 23.8 Å². The summed E-state index contributed by atoms with van der Waals surface area (Å²) in [6.45, 7) is 0.340. The summed E-state index contributed by atoms with van der Waals surface area (Å²) in [5.41, 5.74) is 5.72. The Labute approximate surface area is 117 Å². The quantitative estimate of drug-likeness (QED) is 0.870. The molecule has 0 saturated carbocycles. The molecule has 0 fully saturated rings. The molecule has 7 heteroatoms. The van der Waals surface area contributed by atoms with Crippen LogP contribution < -0.4 is 5.73 Å². The fourth-order valence-electron chi connectivity index (χ4n) is 1.27. The highest BCUT2D eigenvalue weighted by molar-refractivity contribution is 9.10. The number of hydrogen-bond donors (Lipinski definition) is 1. The maximum atomic E-state index is 5.72. The second-order valence-electron chi connectivity index (χ2n) is 3.40. The molecule has 0 aliphatic heterocycles. The molecule has 2 aromatic rings. The third-order valence-corrected chi connectivity index (χ3v) is 3.29. The van der Waals surface area contributed by atoms with Crippen LogP contribution >= 0.6 is 27.7 Å². The second-order valence-corrected chi connectivity index (χ2v) is 5.35. The van der Waals surface area contributed by atoms with Crippen molar-refractivity contribution in [2.75, 3.05) is 12.8 Å². The van der Waals surface area contributed by atoms with Crippen LogP contribution in [-0.4, -0.2) is 22.1 Å². The number of halogens is 1. The van der Waals surface area contributed by atoms with Crippen molar-refractivity contribution in [3.05, 3.63) is 34.7 Å². The summed E-state index contributed by atoms with van der Waals surface area (Å²) < 4.78 is 5.93. The molecule has 2 aromatic heterocycles. The Balaban J connectivity index is 2.20. The zero-order valence-electron chi connectivity index (χ0n) is 9.63. The zero-order chi connectivity index (χ0) is 13.0. The summed E-state index contributed by atoms with van der Waals surface area (Å²) >= 11 is 4.77. The minimum absolute atomic E-state index is 0.340. The Bertz CT molecular complexity index is 535. The number of methoxy groups -OCH3 is 1. The summed E-state index contributed by atoms with van der Waals surface area (Å²) in [4.78, 5) is 12.7. The molecular formula is C11H11BrN4OS. The topological polar surface area (TPSA) is 73.9 Å². The first-order valence-electron chi connectivity index (χ1n) is 5.09. The van der Waals surface area contributed by atoms with Crippen LogP contribution in [0.2, 0.25) is 0 Å². The summed E-state index contributed by atoms with van der Waals surface area (Å²) in [5, 5.41) is 1.60. The average molecular weight is 327 g/mol. The van der Waals surface area contributed by atoms with Gasteiger partial charge in [0.05, 0.1) is 0 Å². The minimum atomic E-state index is 0.340. The number of nitrogen functional groups attached to an aromatic ring is 1. The number of pyridine rings is 1. The maximum Gasteiger partial charge on any atom is 0.157 e. The Morgan fingerprint density at radius 1 is 1.33 bits per heavy atom. The fraction of sp³-hybridized carbons (Fsp3) is 0.182. The van der Waals surface area contributed by atoms with E-state index in [1.807, 2.05) is 12.1 Å². The van der Waals surface area contributed by atoms with E-state index in [1.165, 1.54) is 11.8 Å². The third kappa shape index (κ3) is 3.66. The van der Waals surface area contributed by atoms with Crippen LogP contribution in [0.25, 0.3) is 0 Å². The number of aromatic nitrogens is 3. The van der Waals surface area contributed by atoms with Gasteiger partial charge in [0.25, 0.3) is 0 Å². The first-order valence-corrected chi connectivity index (χ1v) is 6.70. The number of anilines is 1. The van der Waals surface area contributed by atoms with E-state index in [1.54, 1.807) is 19.4 Å². The SMILES string of the molecule is COCc1nc(N)cc(Sc2ccc(Br)cn2)n1. The van der Waals surface area contributed by atoms with Crippen LogP contribution in [0.15, 0.2) is 38.9 Å². The second kappa shape index (κ2) is 6.12. The number of nitrogens with two attached hydrogens (primary N) is 1. The molecule has 0 aliphatic carbocycles. The molecule has 0 atom stereocenters. The highest BCUT2D eigenvalue weighted by atomic mass is 79.9. The fourth-order valence-corrected chi connectivity index (χ4v) is 2.29. The number of rotatable bonds is 4. The third-order valence-electron chi connectivity index (χ3n) is 1.95. The van der Waals surface area contributed by atoms with Crippen molar-refractivity contribution >= 4 is 33.5 Å². The van der Waals surface area contributed by atoms with Gasteiger partial charge in [-0.3, -0.25) is 0 Å². The van der Waals surface area contributed by atoms with Gasteiger partial charge in [-0.25, -0.2) is 15.0 Å². The lowest BCUT2D eigenvalue weighted by molar-refractivity contribution is 0.177. The summed E-state index contributed by atoms with van der Waals surface area (Å²) in [6, 6.07) is 5.55. The van der Waals surface area contributed by atoms with E-state index < -0.39 is 0 Å². The van der Waals surface area contributed by atoms with Gasteiger partial charge in [0.15, 0.2) is 5.82 Å². The monoisotopic (exact) mass is 326 g/mol. The molecule has 0 saturated heterocycles. The largest absolute Gasteiger partial charge is 0.384 e. The van der Waals surface area contributed by atoms with Crippen LogP contribution in [-0.2, 0) is 11.3 Å². The molecule has 94 valence electrons. The van der Waals surface area contributed by atoms with Gasteiger partial charge < -0.3 is 10.5 Å². The number of ether oxygens (including phenoxy) is 1. The van der Waals surface area contributed by atoms with Crippen LogP contribution in [0.4, 0.5) is 5.82 Å². The highest BCUT2D eigenvalue weighted by Gasteiger charge is 2.05. The molecule has 18 heavy (non-hydrogen) atoms. The van der Waals surface area contributed by atoms with Crippen molar-refractivity contribution in [2.45, 2.75) is 16.7 Å². The predicted octanol–water partition coefficient (Wildman–Crippen LogP) is 2.51. The molecule has 0 bridgehead atoms. The predicted molar refractivity (Wildman–Crippen MR) is 73.2 cm³/mol. The van der Waals surface area contributed by atoms with Crippen LogP contribution in [0.1, 0.15) is 5.82 Å². The lowest BCUT2D eigenvalue weighted by atomic mass is 10.5. The Morgan fingerprint density at radius 2 is 2.17 bits per heavy atom. The van der Waals surface area contributed by atoms with Crippen molar-refractivity contribution in [1.29, 1.82) is 0 Å². The van der Waals surface area contributed by atoms with Gasteiger partial charge in [-0.2, -0.15) is 0 Å². The standard InChI is InChI=1S/C11H11BrN4OS/c1-17-6-9-15-8(13)4-11(16-9)18-10-3-2-7(12)5-14-10/h2-5H,6H2,1H3,(H2,13,15,16). The average Bonchev–Trinajstić information content (AvgIpc) is 2.32. The van der Waals surface area contributed by atoms with Crippen molar-refractivity contribution in [3.63, 3.8) is 0 Å². The van der Waals surface area contributed by atoms with E-state index in [9.17, 15) is 0 Å². The first-order chi connectivity index (χ1) is 8.67. The van der Waals surface area contributed by atoms with Gasteiger partial charge in [-0.1, -0.05) is 0 Å². The van der Waals surface area contributed by atoms with Crippen molar-refractivity contribution in [3.8, 4) is 0 Å². The molecule has 2 heterocycles. The molecule has 0 aliphatic rings. The van der Waals surface area contributed by atoms with E-state index in [0.29, 0.717) is 18.2 Å². The summed E-state index contributed by atoms with van der Waals surface area (Å²) in [6.07, 6.45) is 1.74. The Hall–Kier alpha value is -1.18. The normalized spacial score (nSPS) is 10.6. The minimum Gasteiger partial charge on any atom is -0.384 e. The molecule has 0 spiro atoms. The van der Waals surface area contributed by atoms with Gasteiger partial charge in [0.2, 0.25) is 0 Å². The first kappa shape index (κ1) is 13.3. The maximum absolute atomic E-state index is 5.72. The number of nitrogens with zero attached hydrogens (tertiary/aromatic N) is 3. The van der Waals surface area contributed by atoms with Gasteiger partial charge in [0.1, 0.15) is 22.5 Å². The smallest absolute Gasteiger partial charge is 0.157 e. The van der Waals surface area contributed by atoms with Crippen LogP contribution in [0.5, 0.6) is 0 Å². The van der Waals surface area contributed by atoms with Crippen LogP contribution in [0.3, 0.4) is 0 Å². The Kier molecular flexibility index (Phi) is 4.51. The van der Waals surface area contributed by atoms with Crippen LogP contribution in [0, 0.1) is 0 Å². The molecule has 5 nitrogen and oxygen atoms in total. The molecule has 2 rings (SSSR count). The van der Waals surface area contributed by atoms with E-state index in [4.69, 9.17) is 10.5 Å². The van der Waals surface area contributed by atoms with E-state index in [2.05, 4.69) is 30.9 Å². The summed E-state index contributed by atoms with van der Waals surface area (Å²) in [7, 11) is 1.59. The lowest BCUT2D eigenvalue weighted by Gasteiger charge is -2.04. The molecule has 0 aromatic carbocycles.